The number of carbonyl (C=O) groups excluding carboxylic acids is 1. The van der Waals surface area contributed by atoms with Crippen molar-refractivity contribution in [3.05, 3.63) is 54.6 Å². The molecule has 2 nitrogen and oxygen atoms in total. The summed E-state index contributed by atoms with van der Waals surface area (Å²) < 4.78 is 0. The summed E-state index contributed by atoms with van der Waals surface area (Å²) in [6, 6.07) is 9.50. The highest BCUT2D eigenvalue weighted by Gasteiger charge is 2.11. The molecule has 1 aromatic rings. The SMILES string of the molecule is C=C(/C=C\C)C(=O)N(C)c1ccccc1. The standard InChI is InChI=1S/C13H15NO/c1-4-8-11(2)13(15)14(3)12-9-6-5-7-10-12/h4-10H,2H2,1,3H3/b8-4-. The van der Waals surface area contributed by atoms with Gasteiger partial charge in [-0.25, -0.2) is 0 Å². The first-order valence-electron chi connectivity index (χ1n) is 4.81. The molecular formula is C13H15NO. The van der Waals surface area contributed by atoms with Gasteiger partial charge in [0.05, 0.1) is 0 Å². The Morgan fingerprint density at radius 3 is 2.47 bits per heavy atom. The van der Waals surface area contributed by atoms with E-state index in [-0.39, 0.29) is 5.91 Å². The van der Waals surface area contributed by atoms with Gasteiger partial charge in [0.15, 0.2) is 0 Å². The Labute approximate surface area is 90.5 Å². The van der Waals surface area contributed by atoms with Gasteiger partial charge in [0.2, 0.25) is 0 Å². The summed E-state index contributed by atoms with van der Waals surface area (Å²) in [5.41, 5.74) is 1.36. The number of amides is 1. The number of carbonyl (C=O) groups is 1. The lowest BCUT2D eigenvalue weighted by atomic mass is 10.2. The average Bonchev–Trinajstić information content (AvgIpc) is 2.28. The van der Waals surface area contributed by atoms with Crippen molar-refractivity contribution in [1.82, 2.24) is 0 Å². The van der Waals surface area contributed by atoms with Gasteiger partial charge in [-0.15, -0.1) is 0 Å². The van der Waals surface area contributed by atoms with Crippen molar-refractivity contribution < 1.29 is 4.79 Å². The number of likely N-dealkylation sites (N-methyl/N-ethyl adjacent to an activating group) is 1. The van der Waals surface area contributed by atoms with Gasteiger partial charge >= 0.3 is 0 Å². The Bertz CT molecular complexity index is 379. The van der Waals surface area contributed by atoms with Crippen molar-refractivity contribution >= 4 is 11.6 Å². The Morgan fingerprint density at radius 2 is 1.93 bits per heavy atom. The van der Waals surface area contributed by atoms with E-state index in [4.69, 9.17) is 0 Å². The summed E-state index contributed by atoms with van der Waals surface area (Å²) >= 11 is 0. The highest BCUT2D eigenvalue weighted by Crippen LogP contribution is 2.13. The van der Waals surface area contributed by atoms with E-state index in [9.17, 15) is 4.79 Å². The van der Waals surface area contributed by atoms with Gasteiger partial charge in [0, 0.05) is 18.3 Å². The van der Waals surface area contributed by atoms with E-state index in [0.717, 1.165) is 5.69 Å². The molecule has 0 N–H and O–H groups in total. The summed E-state index contributed by atoms with van der Waals surface area (Å²) in [4.78, 5) is 13.4. The minimum Gasteiger partial charge on any atom is -0.311 e. The Balaban J connectivity index is 2.82. The van der Waals surface area contributed by atoms with Crippen LogP contribution in [0.15, 0.2) is 54.6 Å². The molecule has 2 heteroatoms. The molecule has 78 valence electrons. The summed E-state index contributed by atoms with van der Waals surface area (Å²) in [6.45, 7) is 5.58. The second-order valence-electron chi connectivity index (χ2n) is 3.22. The quantitative estimate of drug-likeness (QED) is 0.544. The molecule has 0 aliphatic rings. The molecule has 1 aromatic carbocycles. The van der Waals surface area contributed by atoms with Crippen molar-refractivity contribution in [2.24, 2.45) is 0 Å². The van der Waals surface area contributed by atoms with Gasteiger partial charge in [-0.1, -0.05) is 36.9 Å². The van der Waals surface area contributed by atoms with E-state index in [1.165, 1.54) is 0 Å². The first-order valence-corrected chi connectivity index (χ1v) is 4.81. The van der Waals surface area contributed by atoms with Crippen molar-refractivity contribution in [2.75, 3.05) is 11.9 Å². The Hall–Kier alpha value is -1.83. The van der Waals surface area contributed by atoms with E-state index in [1.54, 1.807) is 24.1 Å². The molecule has 15 heavy (non-hydrogen) atoms. The molecule has 1 rings (SSSR count). The molecule has 0 bridgehead atoms. The number of nitrogens with zero attached hydrogens (tertiary/aromatic N) is 1. The van der Waals surface area contributed by atoms with Crippen molar-refractivity contribution in [2.45, 2.75) is 6.92 Å². The fourth-order valence-corrected chi connectivity index (χ4v) is 1.26. The van der Waals surface area contributed by atoms with Crippen LogP contribution in [0.5, 0.6) is 0 Å². The maximum absolute atomic E-state index is 11.8. The van der Waals surface area contributed by atoms with Gasteiger partial charge in [-0.3, -0.25) is 4.79 Å². The van der Waals surface area contributed by atoms with Gasteiger partial charge in [-0.05, 0) is 19.1 Å². The van der Waals surface area contributed by atoms with E-state index in [1.807, 2.05) is 37.3 Å². The predicted molar refractivity (Wildman–Crippen MR) is 63.8 cm³/mol. The number of hydrogen-bond donors (Lipinski definition) is 0. The zero-order chi connectivity index (χ0) is 11.3. The summed E-state index contributed by atoms with van der Waals surface area (Å²) in [5.74, 6) is -0.0840. The average molecular weight is 201 g/mol. The van der Waals surface area contributed by atoms with Crippen LogP contribution in [0.3, 0.4) is 0 Å². The third-order valence-electron chi connectivity index (χ3n) is 2.09. The lowest BCUT2D eigenvalue weighted by Crippen LogP contribution is -2.26. The Morgan fingerprint density at radius 1 is 1.33 bits per heavy atom. The molecule has 0 radical (unpaired) electrons. The molecular weight excluding hydrogens is 186 g/mol. The lowest BCUT2D eigenvalue weighted by molar-refractivity contribution is -0.114. The molecule has 0 aliphatic carbocycles. The van der Waals surface area contributed by atoms with Crippen LogP contribution < -0.4 is 4.90 Å². The molecule has 0 aliphatic heterocycles. The molecule has 0 heterocycles. The highest BCUT2D eigenvalue weighted by atomic mass is 16.2. The number of hydrogen-bond acceptors (Lipinski definition) is 1. The van der Waals surface area contributed by atoms with Crippen LogP contribution in [0.2, 0.25) is 0 Å². The van der Waals surface area contributed by atoms with E-state index < -0.39 is 0 Å². The topological polar surface area (TPSA) is 20.3 Å². The fraction of sp³-hybridized carbons (Fsp3) is 0.154. The molecule has 0 saturated carbocycles. The van der Waals surface area contributed by atoms with E-state index >= 15 is 0 Å². The third-order valence-corrected chi connectivity index (χ3v) is 2.09. The lowest BCUT2D eigenvalue weighted by Gasteiger charge is -2.17. The molecule has 0 aromatic heterocycles. The zero-order valence-corrected chi connectivity index (χ0v) is 9.10. The van der Waals surface area contributed by atoms with E-state index in [2.05, 4.69) is 6.58 Å². The number of anilines is 1. The smallest absolute Gasteiger partial charge is 0.257 e. The summed E-state index contributed by atoms with van der Waals surface area (Å²) in [5, 5.41) is 0. The van der Waals surface area contributed by atoms with Gasteiger partial charge in [0.25, 0.3) is 5.91 Å². The fourth-order valence-electron chi connectivity index (χ4n) is 1.26. The predicted octanol–water partition coefficient (Wildman–Crippen LogP) is 2.78. The normalized spacial score (nSPS) is 10.3. The Kier molecular flexibility index (Phi) is 3.86. The van der Waals surface area contributed by atoms with Crippen LogP contribution in [-0.4, -0.2) is 13.0 Å². The second kappa shape index (κ2) is 5.15. The van der Waals surface area contributed by atoms with Gasteiger partial charge in [-0.2, -0.15) is 0 Å². The van der Waals surface area contributed by atoms with Crippen LogP contribution >= 0.6 is 0 Å². The van der Waals surface area contributed by atoms with Gasteiger partial charge < -0.3 is 4.90 Å². The highest BCUT2D eigenvalue weighted by molar-refractivity contribution is 6.06. The third kappa shape index (κ3) is 2.81. The van der Waals surface area contributed by atoms with Crippen molar-refractivity contribution in [1.29, 1.82) is 0 Å². The largest absolute Gasteiger partial charge is 0.311 e. The number of rotatable bonds is 3. The second-order valence-corrected chi connectivity index (χ2v) is 3.22. The number of allylic oxidation sites excluding steroid dienone is 1. The minimum atomic E-state index is -0.0840. The summed E-state index contributed by atoms with van der Waals surface area (Å²) in [7, 11) is 1.74. The van der Waals surface area contributed by atoms with Crippen LogP contribution in [0.1, 0.15) is 6.92 Å². The monoisotopic (exact) mass is 201 g/mol. The molecule has 0 unspecified atom stereocenters. The molecule has 0 spiro atoms. The summed E-state index contributed by atoms with van der Waals surface area (Å²) in [6.07, 6.45) is 3.51. The van der Waals surface area contributed by atoms with Crippen LogP contribution in [0.25, 0.3) is 0 Å². The van der Waals surface area contributed by atoms with Crippen LogP contribution in [-0.2, 0) is 4.79 Å². The zero-order valence-electron chi connectivity index (χ0n) is 9.10. The molecule has 0 fully saturated rings. The van der Waals surface area contributed by atoms with E-state index in [0.29, 0.717) is 5.57 Å². The minimum absolute atomic E-state index is 0.0840. The molecule has 0 saturated heterocycles. The first kappa shape index (κ1) is 11.2. The molecule has 1 amide bonds. The first-order chi connectivity index (χ1) is 7.16. The maximum Gasteiger partial charge on any atom is 0.257 e. The number of benzene rings is 1. The van der Waals surface area contributed by atoms with Crippen molar-refractivity contribution in [3.63, 3.8) is 0 Å². The number of para-hydroxylation sites is 1. The maximum atomic E-state index is 11.8. The van der Waals surface area contributed by atoms with Crippen LogP contribution in [0.4, 0.5) is 5.69 Å². The van der Waals surface area contributed by atoms with Crippen molar-refractivity contribution in [3.8, 4) is 0 Å². The van der Waals surface area contributed by atoms with Crippen LogP contribution in [0, 0.1) is 0 Å². The molecule has 0 atom stereocenters. The van der Waals surface area contributed by atoms with Gasteiger partial charge in [0.1, 0.15) is 0 Å².